The zero-order chi connectivity index (χ0) is 13.6. The highest BCUT2D eigenvalue weighted by Gasteiger charge is 2.25. The largest absolute Gasteiger partial charge is 0.481 e. The third-order valence-electron chi connectivity index (χ3n) is 2.36. The van der Waals surface area contributed by atoms with Crippen LogP contribution in [0.25, 0.3) is 0 Å². The third-order valence-corrected chi connectivity index (χ3v) is 2.36. The summed E-state index contributed by atoms with van der Waals surface area (Å²) < 4.78 is 0. The lowest BCUT2D eigenvalue weighted by Crippen LogP contribution is -2.46. The van der Waals surface area contributed by atoms with Crippen molar-refractivity contribution in [1.29, 1.82) is 0 Å². The van der Waals surface area contributed by atoms with Gasteiger partial charge in [-0.3, -0.25) is 9.59 Å². The number of primary amides is 1. The van der Waals surface area contributed by atoms with E-state index in [4.69, 9.17) is 10.8 Å². The number of rotatable bonds is 6. The standard InChI is InChI=1S/C10H19N3O4/c1-10(2,8(11)16)6-12-9(17)13(3)5-4-7(14)15/h4-6H2,1-3H3,(H2,11,16)(H,12,17)(H,14,15). The lowest BCUT2D eigenvalue weighted by molar-refractivity contribution is -0.137. The normalized spacial score (nSPS) is 10.8. The van der Waals surface area contributed by atoms with Crippen LogP contribution >= 0.6 is 0 Å². The van der Waals surface area contributed by atoms with Gasteiger partial charge in [0.2, 0.25) is 5.91 Å². The molecule has 4 N–H and O–H groups in total. The first-order valence-electron chi connectivity index (χ1n) is 5.17. The van der Waals surface area contributed by atoms with Crippen molar-refractivity contribution < 1.29 is 19.5 Å². The molecule has 7 heteroatoms. The van der Waals surface area contributed by atoms with Gasteiger partial charge in [-0.15, -0.1) is 0 Å². The quantitative estimate of drug-likeness (QED) is 0.591. The minimum atomic E-state index is -0.970. The first-order chi connectivity index (χ1) is 7.66. The number of nitrogens with one attached hydrogen (secondary N) is 1. The third kappa shape index (κ3) is 5.74. The minimum Gasteiger partial charge on any atom is -0.481 e. The maximum atomic E-state index is 11.5. The van der Waals surface area contributed by atoms with Gasteiger partial charge in [0.15, 0.2) is 0 Å². The van der Waals surface area contributed by atoms with Crippen LogP contribution in [-0.4, -0.2) is 48.1 Å². The number of amides is 3. The van der Waals surface area contributed by atoms with E-state index in [1.165, 1.54) is 11.9 Å². The second-order valence-corrected chi connectivity index (χ2v) is 4.47. The van der Waals surface area contributed by atoms with Crippen LogP contribution in [-0.2, 0) is 9.59 Å². The number of nitrogens with zero attached hydrogens (tertiary/aromatic N) is 1. The number of carboxylic acids is 1. The molecule has 98 valence electrons. The van der Waals surface area contributed by atoms with E-state index < -0.39 is 23.3 Å². The Hall–Kier alpha value is -1.79. The first-order valence-corrected chi connectivity index (χ1v) is 5.17. The number of nitrogens with two attached hydrogens (primary N) is 1. The van der Waals surface area contributed by atoms with Gasteiger partial charge < -0.3 is 21.1 Å². The Morgan fingerprint density at radius 3 is 2.29 bits per heavy atom. The SMILES string of the molecule is CN(CCC(=O)O)C(=O)NCC(C)(C)C(N)=O. The highest BCUT2D eigenvalue weighted by molar-refractivity contribution is 5.81. The molecule has 0 spiro atoms. The summed E-state index contributed by atoms with van der Waals surface area (Å²) >= 11 is 0. The second kappa shape index (κ2) is 6.07. The molecule has 0 aliphatic carbocycles. The Bertz CT molecular complexity index is 315. The van der Waals surface area contributed by atoms with Gasteiger partial charge in [0.25, 0.3) is 0 Å². The van der Waals surface area contributed by atoms with E-state index in [0.717, 1.165) is 0 Å². The molecule has 0 rings (SSSR count). The number of hydrogen-bond acceptors (Lipinski definition) is 3. The predicted octanol–water partition coefficient (Wildman–Crippen LogP) is -0.386. The Balaban J connectivity index is 4.09. The first kappa shape index (κ1) is 15.2. The van der Waals surface area contributed by atoms with E-state index in [0.29, 0.717) is 0 Å². The summed E-state index contributed by atoms with van der Waals surface area (Å²) in [6.07, 6.45) is -0.122. The van der Waals surface area contributed by atoms with Crippen LogP contribution in [0.5, 0.6) is 0 Å². The minimum absolute atomic E-state index is 0.109. The van der Waals surface area contributed by atoms with Gasteiger partial charge in [0.05, 0.1) is 11.8 Å². The summed E-state index contributed by atoms with van der Waals surface area (Å²) in [5.74, 6) is -1.48. The molecule has 0 aliphatic heterocycles. The molecule has 0 bridgehead atoms. The highest BCUT2D eigenvalue weighted by Crippen LogP contribution is 2.11. The van der Waals surface area contributed by atoms with E-state index >= 15 is 0 Å². The van der Waals surface area contributed by atoms with E-state index in [1.54, 1.807) is 13.8 Å². The van der Waals surface area contributed by atoms with Gasteiger partial charge in [-0.25, -0.2) is 4.79 Å². The second-order valence-electron chi connectivity index (χ2n) is 4.47. The van der Waals surface area contributed by atoms with Crippen molar-refractivity contribution in [1.82, 2.24) is 10.2 Å². The number of hydrogen-bond donors (Lipinski definition) is 3. The van der Waals surface area contributed by atoms with Crippen LogP contribution in [0.2, 0.25) is 0 Å². The summed E-state index contributed by atoms with van der Waals surface area (Å²) in [5.41, 5.74) is 4.32. The highest BCUT2D eigenvalue weighted by atomic mass is 16.4. The van der Waals surface area contributed by atoms with Crippen LogP contribution < -0.4 is 11.1 Å². The molecule has 0 unspecified atom stereocenters. The molecule has 0 heterocycles. The fourth-order valence-corrected chi connectivity index (χ4v) is 0.884. The van der Waals surface area contributed by atoms with Crippen LogP contribution in [0.1, 0.15) is 20.3 Å². The van der Waals surface area contributed by atoms with Crippen molar-refractivity contribution in [3.63, 3.8) is 0 Å². The molecule has 3 amide bonds. The topological polar surface area (TPSA) is 113 Å². The number of carboxylic acid groups (broad SMARTS) is 1. The Morgan fingerprint density at radius 1 is 1.35 bits per heavy atom. The fourth-order valence-electron chi connectivity index (χ4n) is 0.884. The van der Waals surface area contributed by atoms with Gasteiger partial charge in [-0.1, -0.05) is 0 Å². The molecule has 0 atom stereocenters. The Labute approximate surface area is 100.0 Å². The lowest BCUT2D eigenvalue weighted by atomic mass is 9.93. The molecular formula is C10H19N3O4. The number of carbonyl (C=O) groups excluding carboxylic acids is 2. The van der Waals surface area contributed by atoms with Crippen molar-refractivity contribution in [3.05, 3.63) is 0 Å². The average Bonchev–Trinajstić information content (AvgIpc) is 2.22. The smallest absolute Gasteiger partial charge is 0.317 e. The monoisotopic (exact) mass is 245 g/mol. The number of carbonyl (C=O) groups is 3. The van der Waals surface area contributed by atoms with Crippen LogP contribution in [0.3, 0.4) is 0 Å². The fraction of sp³-hybridized carbons (Fsp3) is 0.700. The maximum Gasteiger partial charge on any atom is 0.317 e. The predicted molar refractivity (Wildman–Crippen MR) is 61.3 cm³/mol. The molecular weight excluding hydrogens is 226 g/mol. The van der Waals surface area contributed by atoms with Crippen molar-refractivity contribution in [3.8, 4) is 0 Å². The van der Waals surface area contributed by atoms with Gasteiger partial charge >= 0.3 is 12.0 Å². The molecule has 0 aromatic rings. The van der Waals surface area contributed by atoms with Gasteiger partial charge in [0.1, 0.15) is 0 Å². The van der Waals surface area contributed by atoms with E-state index in [1.807, 2.05) is 0 Å². The Morgan fingerprint density at radius 2 is 1.88 bits per heavy atom. The van der Waals surface area contributed by atoms with Crippen LogP contribution in [0, 0.1) is 5.41 Å². The average molecular weight is 245 g/mol. The summed E-state index contributed by atoms with van der Waals surface area (Å²) in [5, 5.41) is 11.0. The van der Waals surface area contributed by atoms with Crippen LogP contribution in [0.15, 0.2) is 0 Å². The van der Waals surface area contributed by atoms with E-state index in [9.17, 15) is 14.4 Å². The van der Waals surface area contributed by atoms with Crippen molar-refractivity contribution in [2.45, 2.75) is 20.3 Å². The molecule has 7 nitrogen and oxygen atoms in total. The molecule has 0 aliphatic rings. The molecule has 0 fully saturated rings. The molecule has 0 aromatic heterocycles. The van der Waals surface area contributed by atoms with Crippen molar-refractivity contribution in [2.24, 2.45) is 11.1 Å². The maximum absolute atomic E-state index is 11.5. The molecule has 17 heavy (non-hydrogen) atoms. The summed E-state index contributed by atoms with van der Waals surface area (Å²) in [6.45, 7) is 3.45. The summed E-state index contributed by atoms with van der Waals surface area (Å²) in [4.78, 5) is 34.0. The number of urea groups is 1. The summed E-state index contributed by atoms with van der Waals surface area (Å²) in [7, 11) is 1.48. The molecule has 0 aromatic carbocycles. The number of aliphatic carboxylic acids is 1. The van der Waals surface area contributed by atoms with E-state index in [2.05, 4.69) is 5.32 Å². The molecule has 0 saturated heterocycles. The van der Waals surface area contributed by atoms with Gasteiger partial charge in [-0.2, -0.15) is 0 Å². The van der Waals surface area contributed by atoms with Crippen molar-refractivity contribution >= 4 is 17.9 Å². The van der Waals surface area contributed by atoms with Gasteiger partial charge in [-0.05, 0) is 13.8 Å². The lowest BCUT2D eigenvalue weighted by Gasteiger charge is -2.23. The Kier molecular flexibility index (Phi) is 5.43. The van der Waals surface area contributed by atoms with E-state index in [-0.39, 0.29) is 19.5 Å². The summed E-state index contributed by atoms with van der Waals surface area (Å²) in [6, 6.07) is -0.430. The van der Waals surface area contributed by atoms with Gasteiger partial charge in [0, 0.05) is 20.1 Å². The molecule has 0 saturated carbocycles. The molecule has 0 radical (unpaired) electrons. The van der Waals surface area contributed by atoms with Crippen LogP contribution in [0.4, 0.5) is 4.79 Å². The van der Waals surface area contributed by atoms with Crippen molar-refractivity contribution in [2.75, 3.05) is 20.1 Å². The zero-order valence-electron chi connectivity index (χ0n) is 10.3. The zero-order valence-corrected chi connectivity index (χ0v) is 10.3.